The van der Waals surface area contributed by atoms with Crippen molar-refractivity contribution in [2.24, 2.45) is 0 Å². The van der Waals surface area contributed by atoms with Crippen LogP contribution in [0.3, 0.4) is 0 Å². The molecule has 0 amide bonds. The molecule has 1 aromatic carbocycles. The molecule has 3 rings (SSSR count). The van der Waals surface area contributed by atoms with Gasteiger partial charge in [0.05, 0.1) is 16.1 Å². The van der Waals surface area contributed by atoms with Gasteiger partial charge >= 0.3 is 0 Å². The van der Waals surface area contributed by atoms with Crippen molar-refractivity contribution in [3.63, 3.8) is 0 Å². The highest BCUT2D eigenvalue weighted by atomic mass is 35.5. The summed E-state index contributed by atoms with van der Waals surface area (Å²) in [7, 11) is 0. The molecule has 0 spiro atoms. The molecule has 2 heterocycles. The first-order valence-electron chi connectivity index (χ1n) is 6.42. The van der Waals surface area contributed by atoms with Crippen molar-refractivity contribution in [2.75, 3.05) is 0 Å². The third-order valence-electron chi connectivity index (χ3n) is 3.28. The lowest BCUT2D eigenvalue weighted by molar-refractivity contribution is 0.626. The minimum absolute atomic E-state index is 0.363. The average molecular weight is 324 g/mol. The van der Waals surface area contributed by atoms with Crippen molar-refractivity contribution in [2.45, 2.75) is 19.2 Å². The quantitative estimate of drug-likeness (QED) is 0.633. The zero-order chi connectivity index (χ0) is 15.1. The summed E-state index contributed by atoms with van der Waals surface area (Å²) in [6.45, 7) is 3.75. The smallest absolute Gasteiger partial charge is 0.165 e. The molecule has 0 saturated carbocycles. The van der Waals surface area contributed by atoms with E-state index in [-0.39, 0.29) is 11.2 Å². The second-order valence-corrected chi connectivity index (χ2v) is 5.88. The van der Waals surface area contributed by atoms with E-state index in [9.17, 15) is 4.39 Å². The van der Waals surface area contributed by atoms with Crippen molar-refractivity contribution in [1.82, 2.24) is 14.5 Å². The number of halogens is 3. The lowest BCUT2D eigenvalue weighted by atomic mass is 10.2. The van der Waals surface area contributed by atoms with Gasteiger partial charge in [0.15, 0.2) is 5.65 Å². The third-order valence-corrected chi connectivity index (χ3v) is 3.79. The van der Waals surface area contributed by atoms with Gasteiger partial charge in [0, 0.05) is 6.20 Å². The Morgan fingerprint density at radius 3 is 2.76 bits per heavy atom. The first kappa shape index (κ1) is 14.3. The number of aryl methyl sites for hydroxylation is 1. The molecule has 0 fully saturated rings. The summed E-state index contributed by atoms with van der Waals surface area (Å²) in [6.07, 6.45) is 1.69. The van der Waals surface area contributed by atoms with E-state index in [0.29, 0.717) is 22.2 Å². The maximum Gasteiger partial charge on any atom is 0.165 e. The molecule has 0 aliphatic heterocycles. The number of fused-ring (bicyclic) bond motifs is 1. The zero-order valence-corrected chi connectivity index (χ0v) is 13.0. The van der Waals surface area contributed by atoms with Crippen molar-refractivity contribution >= 4 is 34.4 Å². The highest BCUT2D eigenvalue weighted by Gasteiger charge is 2.20. The van der Waals surface area contributed by atoms with Crippen LogP contribution in [0.15, 0.2) is 30.5 Å². The zero-order valence-electron chi connectivity index (χ0n) is 11.4. The van der Waals surface area contributed by atoms with Crippen LogP contribution in [0.1, 0.15) is 23.7 Å². The highest BCUT2D eigenvalue weighted by Crippen LogP contribution is 2.31. The number of alkyl halides is 1. The fraction of sp³-hybridized carbons (Fsp3) is 0.200. The second kappa shape index (κ2) is 5.28. The molecular weight excluding hydrogens is 312 g/mol. The van der Waals surface area contributed by atoms with E-state index in [2.05, 4.69) is 9.97 Å². The summed E-state index contributed by atoms with van der Waals surface area (Å²) in [4.78, 5) is 8.90. The van der Waals surface area contributed by atoms with Crippen LogP contribution in [0.25, 0.3) is 16.9 Å². The Morgan fingerprint density at radius 2 is 2.05 bits per heavy atom. The SMILES string of the molecule is Cc1ccnc2c1nc(C(C)Cl)n2-c1cc(F)ccc1Cl. The fourth-order valence-electron chi connectivity index (χ4n) is 2.27. The molecule has 0 bridgehead atoms. The van der Waals surface area contributed by atoms with E-state index in [1.165, 1.54) is 18.2 Å². The first-order chi connectivity index (χ1) is 9.99. The molecule has 21 heavy (non-hydrogen) atoms. The monoisotopic (exact) mass is 323 g/mol. The molecule has 2 aromatic heterocycles. The van der Waals surface area contributed by atoms with Gasteiger partial charge in [-0.15, -0.1) is 11.6 Å². The van der Waals surface area contributed by atoms with Crippen molar-refractivity contribution < 1.29 is 4.39 Å². The predicted molar refractivity (Wildman–Crippen MR) is 82.8 cm³/mol. The maximum absolute atomic E-state index is 13.6. The van der Waals surface area contributed by atoms with Crippen molar-refractivity contribution in [3.05, 3.63) is 52.7 Å². The van der Waals surface area contributed by atoms with Crippen LogP contribution in [0.5, 0.6) is 0 Å². The predicted octanol–water partition coefficient (Wildman–Crippen LogP) is 4.82. The molecule has 0 radical (unpaired) electrons. The molecule has 0 aliphatic rings. The minimum atomic E-state index is -0.378. The summed E-state index contributed by atoms with van der Waals surface area (Å²) in [5.74, 6) is 0.207. The Bertz CT molecular complexity index is 827. The first-order valence-corrected chi connectivity index (χ1v) is 7.24. The number of imidazole rings is 1. The van der Waals surface area contributed by atoms with Gasteiger partial charge in [-0.1, -0.05) is 11.6 Å². The molecule has 0 aliphatic carbocycles. The summed E-state index contributed by atoms with van der Waals surface area (Å²) < 4.78 is 15.3. The summed E-state index contributed by atoms with van der Waals surface area (Å²) >= 11 is 12.4. The van der Waals surface area contributed by atoms with Gasteiger partial charge in [-0.25, -0.2) is 14.4 Å². The second-order valence-electron chi connectivity index (χ2n) is 4.82. The van der Waals surface area contributed by atoms with Crippen LogP contribution in [-0.2, 0) is 0 Å². The van der Waals surface area contributed by atoms with E-state index in [1.54, 1.807) is 10.8 Å². The fourth-order valence-corrected chi connectivity index (χ4v) is 2.62. The van der Waals surface area contributed by atoms with Gasteiger partial charge in [-0.05, 0) is 43.7 Å². The maximum atomic E-state index is 13.6. The minimum Gasteiger partial charge on any atom is -0.278 e. The van der Waals surface area contributed by atoms with Crippen LogP contribution in [0.2, 0.25) is 5.02 Å². The molecule has 6 heteroatoms. The van der Waals surface area contributed by atoms with E-state index < -0.39 is 0 Å². The average Bonchev–Trinajstić information content (AvgIpc) is 2.82. The van der Waals surface area contributed by atoms with Crippen LogP contribution < -0.4 is 0 Å². The number of rotatable bonds is 2. The number of hydrogen-bond donors (Lipinski definition) is 0. The van der Waals surface area contributed by atoms with Gasteiger partial charge in [0.25, 0.3) is 0 Å². The Morgan fingerprint density at radius 1 is 1.29 bits per heavy atom. The van der Waals surface area contributed by atoms with E-state index in [4.69, 9.17) is 23.2 Å². The number of pyridine rings is 1. The summed E-state index contributed by atoms with van der Waals surface area (Å²) in [6, 6.07) is 6.05. The standard InChI is InChI=1S/C15H12Cl2FN3/c1-8-5-6-19-15-13(8)20-14(9(2)16)21(15)12-7-10(18)3-4-11(12)17/h3-7,9H,1-2H3. The van der Waals surface area contributed by atoms with Gasteiger partial charge in [-0.2, -0.15) is 0 Å². The normalized spacial score (nSPS) is 12.8. The van der Waals surface area contributed by atoms with E-state index in [1.807, 2.05) is 19.9 Å². The molecule has 0 saturated heterocycles. The number of hydrogen-bond acceptors (Lipinski definition) is 2. The lowest BCUT2D eigenvalue weighted by Gasteiger charge is -2.11. The van der Waals surface area contributed by atoms with Crippen molar-refractivity contribution in [1.29, 1.82) is 0 Å². The Hall–Kier alpha value is -1.65. The highest BCUT2D eigenvalue weighted by molar-refractivity contribution is 6.32. The van der Waals surface area contributed by atoms with Crippen LogP contribution in [0.4, 0.5) is 4.39 Å². The third kappa shape index (κ3) is 2.39. The molecule has 108 valence electrons. The van der Waals surface area contributed by atoms with E-state index in [0.717, 1.165) is 11.1 Å². The van der Waals surface area contributed by atoms with Crippen LogP contribution in [0, 0.1) is 12.7 Å². The van der Waals surface area contributed by atoms with Gasteiger partial charge in [0.1, 0.15) is 17.2 Å². The Kier molecular flexibility index (Phi) is 3.59. The lowest BCUT2D eigenvalue weighted by Crippen LogP contribution is -2.04. The molecule has 1 atom stereocenters. The summed E-state index contributed by atoms with van der Waals surface area (Å²) in [5.41, 5.74) is 2.81. The molecule has 3 nitrogen and oxygen atoms in total. The molecular formula is C15H12Cl2FN3. The van der Waals surface area contributed by atoms with Crippen LogP contribution in [-0.4, -0.2) is 14.5 Å². The largest absolute Gasteiger partial charge is 0.278 e. The number of aromatic nitrogens is 3. The molecule has 1 unspecified atom stereocenters. The molecule has 0 N–H and O–H groups in total. The Labute approximate surface area is 131 Å². The number of nitrogens with zero attached hydrogens (tertiary/aromatic N) is 3. The van der Waals surface area contributed by atoms with Crippen molar-refractivity contribution in [3.8, 4) is 5.69 Å². The van der Waals surface area contributed by atoms with Gasteiger partial charge in [-0.3, -0.25) is 4.57 Å². The van der Waals surface area contributed by atoms with Crippen LogP contribution >= 0.6 is 23.2 Å². The molecule has 3 aromatic rings. The number of benzene rings is 1. The topological polar surface area (TPSA) is 30.7 Å². The van der Waals surface area contributed by atoms with E-state index >= 15 is 0 Å². The van der Waals surface area contributed by atoms with Gasteiger partial charge in [0.2, 0.25) is 0 Å². The van der Waals surface area contributed by atoms with Gasteiger partial charge < -0.3 is 0 Å². The Balaban J connectivity index is 2.42. The summed E-state index contributed by atoms with van der Waals surface area (Å²) in [5, 5.41) is 0.0514.